The topological polar surface area (TPSA) is 88.4 Å². The molecule has 1 N–H and O–H groups in total. The number of rotatable bonds is 8. The highest BCUT2D eigenvalue weighted by Crippen LogP contribution is 2.29. The summed E-state index contributed by atoms with van der Waals surface area (Å²) in [6, 6.07) is 17.5. The lowest BCUT2D eigenvalue weighted by atomic mass is 10.1. The van der Waals surface area contributed by atoms with E-state index in [1.165, 1.54) is 18.6 Å². The lowest BCUT2D eigenvalue weighted by molar-refractivity contribution is 0.0694. The average molecular weight is 507 g/mol. The van der Waals surface area contributed by atoms with Gasteiger partial charge in [0.15, 0.2) is 11.5 Å². The second kappa shape index (κ2) is 11.7. The van der Waals surface area contributed by atoms with Crippen LogP contribution in [0.5, 0.6) is 11.5 Å². The van der Waals surface area contributed by atoms with E-state index in [9.17, 15) is 14.7 Å². The molecule has 1 heterocycles. The zero-order valence-corrected chi connectivity index (χ0v) is 20.7. The summed E-state index contributed by atoms with van der Waals surface area (Å²) in [5.74, 6) is 0.0864. The molecular weight excluding hydrogens is 480 g/mol. The highest BCUT2D eigenvalue weighted by atomic mass is 35.5. The summed E-state index contributed by atoms with van der Waals surface area (Å²) < 4.78 is 11.4. The number of carbonyl (C=O) groups excluding carboxylic acids is 1. The van der Waals surface area contributed by atoms with Crippen LogP contribution in [0.25, 0.3) is 0 Å². The first-order valence-electron chi connectivity index (χ1n) is 11.7. The lowest BCUT2D eigenvalue weighted by Crippen LogP contribution is -2.35. The molecule has 8 heteroatoms. The molecule has 3 aromatic carbocycles. The number of likely N-dealkylation sites (tertiary alicyclic amines) is 1. The number of benzene rings is 3. The van der Waals surface area contributed by atoms with Crippen molar-refractivity contribution in [2.24, 2.45) is 4.99 Å². The van der Waals surface area contributed by atoms with Crippen molar-refractivity contribution in [3.05, 3.63) is 87.9 Å². The Bertz CT molecular complexity index is 1270. The van der Waals surface area contributed by atoms with Crippen molar-refractivity contribution in [2.45, 2.75) is 25.9 Å². The third-order valence-electron chi connectivity index (χ3n) is 5.97. The van der Waals surface area contributed by atoms with Crippen LogP contribution in [-0.2, 0) is 6.61 Å². The van der Waals surface area contributed by atoms with Crippen molar-refractivity contribution < 1.29 is 24.2 Å². The number of amides is 1. The number of halogens is 1. The van der Waals surface area contributed by atoms with Gasteiger partial charge in [-0.25, -0.2) is 4.79 Å². The first kappa shape index (κ1) is 25.3. The van der Waals surface area contributed by atoms with E-state index in [-0.39, 0.29) is 16.5 Å². The van der Waals surface area contributed by atoms with Crippen molar-refractivity contribution in [1.82, 2.24) is 4.90 Å². The van der Waals surface area contributed by atoms with Gasteiger partial charge in [-0.1, -0.05) is 23.7 Å². The van der Waals surface area contributed by atoms with Crippen molar-refractivity contribution in [3.63, 3.8) is 0 Å². The number of hydrogen-bond acceptors (Lipinski definition) is 5. The molecule has 1 amide bonds. The number of ether oxygens (including phenoxy) is 2. The Balaban J connectivity index is 1.39. The number of aliphatic imine (C=N–C) groups is 1. The molecule has 0 unspecified atom stereocenters. The van der Waals surface area contributed by atoms with Crippen LogP contribution in [0.4, 0.5) is 5.69 Å². The zero-order valence-electron chi connectivity index (χ0n) is 19.9. The molecule has 1 aliphatic heterocycles. The molecule has 1 fully saturated rings. The average Bonchev–Trinajstić information content (AvgIpc) is 2.91. The Morgan fingerprint density at radius 1 is 1.00 bits per heavy atom. The van der Waals surface area contributed by atoms with Gasteiger partial charge in [0.25, 0.3) is 5.91 Å². The molecule has 1 aliphatic rings. The number of piperidine rings is 1. The Hall–Kier alpha value is -3.84. The third kappa shape index (κ3) is 6.23. The maximum Gasteiger partial charge on any atom is 0.337 e. The van der Waals surface area contributed by atoms with Crippen LogP contribution in [0, 0.1) is 0 Å². The molecule has 0 radical (unpaired) electrons. The maximum absolute atomic E-state index is 12.6. The predicted octanol–water partition coefficient (Wildman–Crippen LogP) is 6.00. The minimum atomic E-state index is -1.11. The number of nitrogens with zero attached hydrogens (tertiary/aromatic N) is 2. The number of carboxylic acid groups (broad SMARTS) is 1. The summed E-state index contributed by atoms with van der Waals surface area (Å²) in [5, 5.41) is 9.38. The fourth-order valence-corrected chi connectivity index (χ4v) is 4.17. The molecule has 0 aliphatic carbocycles. The number of carbonyl (C=O) groups is 2. The Kier molecular flexibility index (Phi) is 8.23. The molecule has 1 saturated heterocycles. The van der Waals surface area contributed by atoms with E-state index in [0.29, 0.717) is 29.4 Å². The van der Waals surface area contributed by atoms with E-state index in [4.69, 9.17) is 21.1 Å². The number of carboxylic acids is 1. The molecule has 4 rings (SSSR count). The molecule has 3 aromatic rings. The van der Waals surface area contributed by atoms with Gasteiger partial charge in [0.1, 0.15) is 6.61 Å². The van der Waals surface area contributed by atoms with Crippen molar-refractivity contribution in [3.8, 4) is 11.5 Å². The standard InChI is InChI=1S/C28H27ClN2O5/c1-35-26-15-20(17-30-22-10-11-24(29)23(16-22)28(33)34)7-12-25(26)36-18-19-5-8-21(9-6-19)27(32)31-13-3-2-4-14-31/h5-12,15-17H,2-4,13-14,18H2,1H3,(H,33,34). The van der Waals surface area contributed by atoms with E-state index >= 15 is 0 Å². The first-order chi connectivity index (χ1) is 17.4. The second-order valence-electron chi connectivity index (χ2n) is 8.48. The van der Waals surface area contributed by atoms with E-state index in [1.54, 1.807) is 31.5 Å². The summed E-state index contributed by atoms with van der Waals surface area (Å²) >= 11 is 5.91. The second-order valence-corrected chi connectivity index (χ2v) is 8.88. The Labute approximate surface area is 214 Å². The number of methoxy groups -OCH3 is 1. The van der Waals surface area contributed by atoms with Crippen LogP contribution >= 0.6 is 11.6 Å². The highest BCUT2D eigenvalue weighted by Gasteiger charge is 2.18. The summed E-state index contributed by atoms with van der Waals surface area (Å²) in [5.41, 5.74) is 2.86. The molecule has 186 valence electrons. The molecule has 0 atom stereocenters. The van der Waals surface area contributed by atoms with Gasteiger partial charge in [0, 0.05) is 24.9 Å². The Morgan fingerprint density at radius 2 is 1.75 bits per heavy atom. The summed E-state index contributed by atoms with van der Waals surface area (Å²) in [6.07, 6.45) is 4.93. The van der Waals surface area contributed by atoms with Crippen LogP contribution in [0.2, 0.25) is 5.02 Å². The zero-order chi connectivity index (χ0) is 25.5. The fourth-order valence-electron chi connectivity index (χ4n) is 3.97. The van der Waals surface area contributed by atoms with Crippen LogP contribution in [0.3, 0.4) is 0 Å². The minimum Gasteiger partial charge on any atom is -0.493 e. The molecule has 36 heavy (non-hydrogen) atoms. The van der Waals surface area contributed by atoms with E-state index in [0.717, 1.165) is 37.1 Å². The molecule has 7 nitrogen and oxygen atoms in total. The normalized spacial score (nSPS) is 13.6. The van der Waals surface area contributed by atoms with Crippen LogP contribution in [0.1, 0.15) is 51.1 Å². The summed E-state index contributed by atoms with van der Waals surface area (Å²) in [7, 11) is 1.56. The highest BCUT2D eigenvalue weighted by molar-refractivity contribution is 6.33. The molecule has 0 saturated carbocycles. The van der Waals surface area contributed by atoms with Gasteiger partial charge in [-0.05, 0) is 78.9 Å². The van der Waals surface area contributed by atoms with Crippen molar-refractivity contribution in [2.75, 3.05) is 20.2 Å². The minimum absolute atomic E-state index is 0.00320. The van der Waals surface area contributed by atoms with E-state index in [1.807, 2.05) is 35.2 Å². The van der Waals surface area contributed by atoms with Gasteiger partial charge in [0.05, 0.1) is 23.4 Å². The van der Waals surface area contributed by atoms with Crippen LogP contribution in [-0.4, -0.2) is 48.3 Å². The quantitative estimate of drug-likeness (QED) is 0.378. The molecular formula is C28H27ClN2O5. The van der Waals surface area contributed by atoms with Crippen LogP contribution in [0.15, 0.2) is 65.7 Å². The largest absolute Gasteiger partial charge is 0.493 e. The summed E-state index contributed by atoms with van der Waals surface area (Å²) in [4.78, 5) is 30.2. The summed E-state index contributed by atoms with van der Waals surface area (Å²) in [6.45, 7) is 1.98. The third-order valence-corrected chi connectivity index (χ3v) is 6.30. The molecule has 0 bridgehead atoms. The van der Waals surface area contributed by atoms with E-state index < -0.39 is 5.97 Å². The number of aromatic carboxylic acids is 1. The fraction of sp³-hybridized carbons (Fsp3) is 0.250. The lowest BCUT2D eigenvalue weighted by Gasteiger charge is -2.26. The predicted molar refractivity (Wildman–Crippen MR) is 139 cm³/mol. The van der Waals surface area contributed by atoms with Crippen molar-refractivity contribution in [1.29, 1.82) is 0 Å². The maximum atomic E-state index is 12.6. The van der Waals surface area contributed by atoms with Crippen molar-refractivity contribution >= 4 is 35.4 Å². The molecule has 0 spiro atoms. The van der Waals surface area contributed by atoms with Gasteiger partial charge in [-0.2, -0.15) is 0 Å². The van der Waals surface area contributed by atoms with Gasteiger partial charge >= 0.3 is 5.97 Å². The van der Waals surface area contributed by atoms with Gasteiger partial charge in [-0.15, -0.1) is 0 Å². The van der Waals surface area contributed by atoms with Gasteiger partial charge < -0.3 is 19.5 Å². The Morgan fingerprint density at radius 3 is 2.44 bits per heavy atom. The first-order valence-corrected chi connectivity index (χ1v) is 12.1. The van der Waals surface area contributed by atoms with Crippen LogP contribution < -0.4 is 9.47 Å². The van der Waals surface area contributed by atoms with Gasteiger partial charge in [0.2, 0.25) is 0 Å². The molecule has 0 aromatic heterocycles. The number of hydrogen-bond donors (Lipinski definition) is 1. The smallest absolute Gasteiger partial charge is 0.337 e. The monoisotopic (exact) mass is 506 g/mol. The van der Waals surface area contributed by atoms with Gasteiger partial charge in [-0.3, -0.25) is 9.79 Å². The SMILES string of the molecule is COc1cc(C=Nc2ccc(Cl)c(C(=O)O)c2)ccc1OCc1ccc(C(=O)N2CCCCC2)cc1. The van der Waals surface area contributed by atoms with E-state index in [2.05, 4.69) is 4.99 Å².